The lowest BCUT2D eigenvalue weighted by Gasteiger charge is -2.40. The van der Waals surface area contributed by atoms with Crippen LogP contribution in [-0.2, 0) is 0 Å². The summed E-state index contributed by atoms with van der Waals surface area (Å²) < 4.78 is 0. The van der Waals surface area contributed by atoms with Crippen LogP contribution in [0.3, 0.4) is 0 Å². The fourth-order valence-corrected chi connectivity index (χ4v) is 3.94. The number of hydrogen-bond acceptors (Lipinski definition) is 2. The molecule has 2 N–H and O–H groups in total. The molecule has 0 aromatic heterocycles. The molecule has 0 amide bonds. The second-order valence-electron chi connectivity index (χ2n) is 6.61. The quantitative estimate of drug-likeness (QED) is 0.899. The highest BCUT2D eigenvalue weighted by Gasteiger charge is 2.40. The van der Waals surface area contributed by atoms with Gasteiger partial charge in [-0.3, -0.25) is 0 Å². The van der Waals surface area contributed by atoms with Crippen LogP contribution in [0.4, 0.5) is 5.69 Å². The van der Waals surface area contributed by atoms with E-state index in [1.54, 1.807) is 0 Å². The Bertz CT molecular complexity index is 409. The van der Waals surface area contributed by atoms with E-state index >= 15 is 0 Å². The zero-order chi connectivity index (χ0) is 13.4. The molecular formula is C17H26N2. The van der Waals surface area contributed by atoms with Gasteiger partial charge in [0.05, 0.1) is 0 Å². The Balaban J connectivity index is 1.79. The minimum absolute atomic E-state index is 0.619. The average Bonchev–Trinajstić information content (AvgIpc) is 2.69. The number of benzene rings is 1. The zero-order valence-electron chi connectivity index (χ0n) is 12.2. The van der Waals surface area contributed by atoms with E-state index in [1.807, 2.05) is 0 Å². The van der Waals surface area contributed by atoms with Gasteiger partial charge in [-0.2, -0.15) is 0 Å². The van der Waals surface area contributed by atoms with Gasteiger partial charge in [-0.05, 0) is 61.8 Å². The van der Waals surface area contributed by atoms with Crippen LogP contribution in [0.25, 0.3) is 0 Å². The van der Waals surface area contributed by atoms with Crippen molar-refractivity contribution in [2.75, 3.05) is 11.4 Å². The molecule has 2 heterocycles. The summed E-state index contributed by atoms with van der Waals surface area (Å²) in [5.74, 6) is 1.37. The first-order valence-electron chi connectivity index (χ1n) is 7.77. The molecule has 2 nitrogen and oxygen atoms in total. The number of nitrogens with two attached hydrogens (primary N) is 1. The lowest BCUT2D eigenvalue weighted by Crippen LogP contribution is -2.44. The first kappa shape index (κ1) is 13.0. The summed E-state index contributed by atoms with van der Waals surface area (Å²) in [4.78, 5) is 2.68. The van der Waals surface area contributed by atoms with E-state index in [9.17, 15) is 0 Å². The number of nitrogens with zero attached hydrogens (tertiary/aromatic N) is 1. The predicted molar refractivity (Wildman–Crippen MR) is 81.6 cm³/mol. The van der Waals surface area contributed by atoms with E-state index < -0.39 is 0 Å². The van der Waals surface area contributed by atoms with Crippen molar-refractivity contribution in [3.8, 4) is 0 Å². The molecule has 0 spiro atoms. The van der Waals surface area contributed by atoms with Crippen LogP contribution < -0.4 is 10.6 Å². The summed E-state index contributed by atoms with van der Waals surface area (Å²) in [6.07, 6.45) is 5.29. The van der Waals surface area contributed by atoms with E-state index in [0.29, 0.717) is 5.92 Å². The monoisotopic (exact) mass is 258 g/mol. The lowest BCUT2D eigenvalue weighted by molar-refractivity contribution is 0.347. The Morgan fingerprint density at radius 1 is 1.11 bits per heavy atom. The van der Waals surface area contributed by atoms with Crippen molar-refractivity contribution < 1.29 is 0 Å². The molecule has 19 heavy (non-hydrogen) atoms. The van der Waals surface area contributed by atoms with Crippen LogP contribution in [-0.4, -0.2) is 18.6 Å². The van der Waals surface area contributed by atoms with Gasteiger partial charge in [-0.25, -0.2) is 0 Å². The standard InChI is InChI=1S/C17H26N2/c1-12(2)14-3-5-15(6-4-14)19-16-7-8-17(19)10-13(9-16)11-18/h3-6,12-13,16-17H,7-11,18H2,1-2H3. The van der Waals surface area contributed by atoms with Crippen LogP contribution >= 0.6 is 0 Å². The Hall–Kier alpha value is -1.02. The second-order valence-corrected chi connectivity index (χ2v) is 6.61. The summed E-state index contributed by atoms with van der Waals surface area (Å²) in [5.41, 5.74) is 8.74. The number of rotatable bonds is 3. The molecule has 0 saturated carbocycles. The van der Waals surface area contributed by atoms with E-state index in [0.717, 1.165) is 24.5 Å². The topological polar surface area (TPSA) is 29.3 Å². The number of anilines is 1. The van der Waals surface area contributed by atoms with Crippen LogP contribution in [0.5, 0.6) is 0 Å². The third kappa shape index (κ3) is 2.38. The molecular weight excluding hydrogens is 232 g/mol. The molecule has 2 saturated heterocycles. The Morgan fingerprint density at radius 3 is 2.16 bits per heavy atom. The van der Waals surface area contributed by atoms with E-state index in [-0.39, 0.29) is 0 Å². The minimum Gasteiger partial charge on any atom is -0.366 e. The van der Waals surface area contributed by atoms with Gasteiger partial charge in [0.1, 0.15) is 0 Å². The van der Waals surface area contributed by atoms with E-state index in [1.165, 1.54) is 36.9 Å². The van der Waals surface area contributed by atoms with Crippen molar-refractivity contribution >= 4 is 5.69 Å². The van der Waals surface area contributed by atoms with E-state index in [2.05, 4.69) is 43.0 Å². The van der Waals surface area contributed by atoms with Crippen LogP contribution in [0, 0.1) is 5.92 Å². The molecule has 2 atom stereocenters. The molecule has 2 heteroatoms. The summed E-state index contributed by atoms with van der Waals surface area (Å²) in [7, 11) is 0. The molecule has 104 valence electrons. The highest BCUT2D eigenvalue weighted by Crippen LogP contribution is 2.41. The number of hydrogen-bond donors (Lipinski definition) is 1. The summed E-state index contributed by atoms with van der Waals surface area (Å²) in [6, 6.07) is 10.7. The maximum Gasteiger partial charge on any atom is 0.0371 e. The van der Waals surface area contributed by atoms with Gasteiger partial charge >= 0.3 is 0 Å². The Kier molecular flexibility index (Phi) is 3.53. The van der Waals surface area contributed by atoms with Crippen molar-refractivity contribution in [1.82, 2.24) is 0 Å². The molecule has 1 aromatic rings. The molecule has 2 fully saturated rings. The maximum atomic E-state index is 5.87. The van der Waals surface area contributed by atoms with Crippen molar-refractivity contribution in [3.05, 3.63) is 29.8 Å². The highest BCUT2D eigenvalue weighted by atomic mass is 15.2. The number of piperidine rings is 1. The van der Waals surface area contributed by atoms with Crippen molar-refractivity contribution in [1.29, 1.82) is 0 Å². The molecule has 2 aliphatic heterocycles. The van der Waals surface area contributed by atoms with Gasteiger partial charge in [-0.15, -0.1) is 0 Å². The smallest absolute Gasteiger partial charge is 0.0371 e. The Labute approximate surface area is 117 Å². The fourth-order valence-electron chi connectivity index (χ4n) is 3.94. The largest absolute Gasteiger partial charge is 0.366 e. The molecule has 0 radical (unpaired) electrons. The van der Waals surface area contributed by atoms with Crippen LogP contribution in [0.1, 0.15) is 51.0 Å². The first-order chi connectivity index (χ1) is 9.19. The van der Waals surface area contributed by atoms with Crippen molar-refractivity contribution in [3.63, 3.8) is 0 Å². The van der Waals surface area contributed by atoms with Gasteiger partial charge < -0.3 is 10.6 Å². The van der Waals surface area contributed by atoms with Crippen LogP contribution in [0.2, 0.25) is 0 Å². The summed E-state index contributed by atoms with van der Waals surface area (Å²) in [6.45, 7) is 5.38. The van der Waals surface area contributed by atoms with Crippen molar-refractivity contribution in [2.45, 2.75) is 57.5 Å². The third-order valence-corrected chi connectivity index (χ3v) is 5.02. The lowest BCUT2D eigenvalue weighted by atomic mass is 9.90. The zero-order valence-corrected chi connectivity index (χ0v) is 12.2. The molecule has 2 aliphatic rings. The van der Waals surface area contributed by atoms with Gasteiger partial charge in [0, 0.05) is 17.8 Å². The predicted octanol–water partition coefficient (Wildman–Crippen LogP) is 3.52. The molecule has 0 aliphatic carbocycles. The van der Waals surface area contributed by atoms with Gasteiger partial charge in [-0.1, -0.05) is 26.0 Å². The Morgan fingerprint density at radius 2 is 1.68 bits per heavy atom. The van der Waals surface area contributed by atoms with Gasteiger partial charge in [0.15, 0.2) is 0 Å². The molecule has 1 aromatic carbocycles. The summed E-state index contributed by atoms with van der Waals surface area (Å²) in [5, 5.41) is 0. The molecule has 3 rings (SSSR count). The molecule has 2 unspecified atom stereocenters. The minimum atomic E-state index is 0.619. The third-order valence-electron chi connectivity index (χ3n) is 5.02. The van der Waals surface area contributed by atoms with Gasteiger partial charge in [0.2, 0.25) is 0 Å². The normalized spacial score (nSPS) is 30.1. The van der Waals surface area contributed by atoms with E-state index in [4.69, 9.17) is 5.73 Å². The fraction of sp³-hybridized carbons (Fsp3) is 0.647. The first-order valence-corrected chi connectivity index (χ1v) is 7.77. The van der Waals surface area contributed by atoms with Crippen LogP contribution in [0.15, 0.2) is 24.3 Å². The second kappa shape index (κ2) is 5.16. The van der Waals surface area contributed by atoms with Crippen molar-refractivity contribution in [2.24, 2.45) is 11.7 Å². The summed E-state index contributed by atoms with van der Waals surface area (Å²) >= 11 is 0. The number of fused-ring (bicyclic) bond motifs is 2. The SMILES string of the molecule is CC(C)c1ccc(N2C3CCC2CC(CN)C3)cc1. The highest BCUT2D eigenvalue weighted by molar-refractivity contribution is 5.51. The molecule has 2 bridgehead atoms. The van der Waals surface area contributed by atoms with Gasteiger partial charge in [0.25, 0.3) is 0 Å². The maximum absolute atomic E-state index is 5.87. The average molecular weight is 258 g/mol.